The Morgan fingerprint density at radius 2 is 1.58 bits per heavy atom. The average Bonchev–Trinajstić information content (AvgIpc) is 2.41. The molecule has 0 spiro atoms. The second kappa shape index (κ2) is 7.71. The number of carbonyl (C=O) groups excluding carboxylic acids is 2. The number of urea groups is 1. The maximum atomic E-state index is 11.5. The topological polar surface area (TPSA) is 70.2 Å². The van der Waals surface area contributed by atoms with Gasteiger partial charge in [-0.25, -0.2) is 4.79 Å². The van der Waals surface area contributed by atoms with E-state index in [0.29, 0.717) is 11.4 Å². The number of allylic oxidation sites excluding steroid dienone is 3. The first-order chi connectivity index (χ1) is 9.15. The smallest absolute Gasteiger partial charge is 0.318 e. The normalized spacial score (nSPS) is 10.6. The van der Waals surface area contributed by atoms with Crippen molar-refractivity contribution in [1.82, 2.24) is 5.32 Å². The van der Waals surface area contributed by atoms with Crippen molar-refractivity contribution in [3.63, 3.8) is 0 Å². The number of amides is 3. The maximum Gasteiger partial charge on any atom is 0.318 e. The van der Waals surface area contributed by atoms with Crippen LogP contribution in [-0.4, -0.2) is 19.0 Å². The van der Waals surface area contributed by atoms with Crippen LogP contribution in [-0.2, 0) is 4.79 Å². The number of hydrogen-bond acceptors (Lipinski definition) is 2. The molecule has 0 aliphatic rings. The Morgan fingerprint density at radius 3 is 2.11 bits per heavy atom. The lowest BCUT2D eigenvalue weighted by Crippen LogP contribution is -2.24. The van der Waals surface area contributed by atoms with Gasteiger partial charge in [-0.05, 0) is 31.2 Å². The van der Waals surface area contributed by atoms with Gasteiger partial charge in [0.2, 0.25) is 5.91 Å². The molecule has 0 fully saturated rings. The van der Waals surface area contributed by atoms with E-state index in [-0.39, 0.29) is 11.9 Å². The molecule has 3 amide bonds. The molecule has 19 heavy (non-hydrogen) atoms. The third-order valence-electron chi connectivity index (χ3n) is 2.19. The molecule has 1 aromatic rings. The predicted molar refractivity (Wildman–Crippen MR) is 77.1 cm³/mol. The van der Waals surface area contributed by atoms with Gasteiger partial charge in [0.05, 0.1) is 0 Å². The van der Waals surface area contributed by atoms with Crippen molar-refractivity contribution < 1.29 is 9.59 Å². The van der Waals surface area contributed by atoms with Crippen molar-refractivity contribution in [3.8, 4) is 0 Å². The highest BCUT2D eigenvalue weighted by Gasteiger charge is 2.00. The first kappa shape index (κ1) is 14.5. The van der Waals surface area contributed by atoms with E-state index in [1.165, 1.54) is 6.08 Å². The van der Waals surface area contributed by atoms with Crippen molar-refractivity contribution in [1.29, 1.82) is 0 Å². The Hall–Kier alpha value is -2.56. The molecule has 5 heteroatoms. The van der Waals surface area contributed by atoms with E-state index in [1.807, 2.05) is 13.0 Å². The van der Waals surface area contributed by atoms with E-state index in [2.05, 4.69) is 16.0 Å². The van der Waals surface area contributed by atoms with Gasteiger partial charge in [0.25, 0.3) is 0 Å². The van der Waals surface area contributed by atoms with E-state index in [4.69, 9.17) is 0 Å². The maximum absolute atomic E-state index is 11.5. The summed E-state index contributed by atoms with van der Waals surface area (Å²) < 4.78 is 0. The lowest BCUT2D eigenvalue weighted by molar-refractivity contribution is -0.111. The van der Waals surface area contributed by atoms with E-state index >= 15 is 0 Å². The van der Waals surface area contributed by atoms with Crippen molar-refractivity contribution in [2.24, 2.45) is 0 Å². The molecule has 0 aliphatic carbocycles. The fourth-order valence-corrected chi connectivity index (χ4v) is 1.27. The highest BCUT2D eigenvalue weighted by atomic mass is 16.2. The van der Waals surface area contributed by atoms with Gasteiger partial charge < -0.3 is 16.0 Å². The number of rotatable bonds is 4. The van der Waals surface area contributed by atoms with Gasteiger partial charge in [0.1, 0.15) is 0 Å². The molecule has 5 nitrogen and oxygen atoms in total. The highest BCUT2D eigenvalue weighted by molar-refractivity contribution is 5.99. The molecule has 100 valence electrons. The standard InChI is InChI=1S/C14H17N3O2/c1-3-4-5-6-13(18)16-11-7-9-12(10-8-11)17-14(19)15-2/h3-10H,1-2H3,(H,16,18)(H2,15,17,19)/b4-3+,6-5+. The van der Waals surface area contributed by atoms with Gasteiger partial charge in [0.15, 0.2) is 0 Å². The van der Waals surface area contributed by atoms with E-state index < -0.39 is 0 Å². The summed E-state index contributed by atoms with van der Waals surface area (Å²) in [5.74, 6) is -0.204. The van der Waals surface area contributed by atoms with Crippen molar-refractivity contribution in [2.75, 3.05) is 17.7 Å². The quantitative estimate of drug-likeness (QED) is 0.574. The van der Waals surface area contributed by atoms with Gasteiger partial charge in [-0.1, -0.05) is 18.2 Å². The molecule has 0 radical (unpaired) electrons. The lowest BCUT2D eigenvalue weighted by Gasteiger charge is -2.06. The summed E-state index contributed by atoms with van der Waals surface area (Å²) in [5.41, 5.74) is 1.32. The van der Waals surface area contributed by atoms with Crippen LogP contribution in [0.3, 0.4) is 0 Å². The Morgan fingerprint density at radius 1 is 1.00 bits per heavy atom. The van der Waals surface area contributed by atoms with Crippen LogP contribution in [0, 0.1) is 0 Å². The number of benzene rings is 1. The third kappa shape index (κ3) is 5.54. The van der Waals surface area contributed by atoms with Crippen LogP contribution in [0.15, 0.2) is 48.6 Å². The molecule has 0 bridgehead atoms. The van der Waals surface area contributed by atoms with Gasteiger partial charge in [-0.15, -0.1) is 0 Å². The van der Waals surface area contributed by atoms with Crippen LogP contribution in [0.2, 0.25) is 0 Å². The van der Waals surface area contributed by atoms with Crippen molar-refractivity contribution in [2.45, 2.75) is 6.92 Å². The van der Waals surface area contributed by atoms with Crippen LogP contribution in [0.4, 0.5) is 16.2 Å². The summed E-state index contributed by atoms with van der Waals surface area (Å²) in [6.45, 7) is 1.88. The Labute approximate surface area is 112 Å². The van der Waals surface area contributed by atoms with E-state index in [1.54, 1.807) is 43.5 Å². The van der Waals surface area contributed by atoms with Gasteiger partial charge in [-0.2, -0.15) is 0 Å². The zero-order valence-electron chi connectivity index (χ0n) is 10.9. The van der Waals surface area contributed by atoms with Gasteiger partial charge >= 0.3 is 6.03 Å². The average molecular weight is 259 g/mol. The Kier molecular flexibility index (Phi) is 5.88. The molecule has 0 aromatic heterocycles. The minimum absolute atomic E-state index is 0.204. The van der Waals surface area contributed by atoms with Gasteiger partial charge in [-0.3, -0.25) is 4.79 Å². The zero-order chi connectivity index (χ0) is 14.1. The second-order valence-electron chi connectivity index (χ2n) is 3.66. The molecule has 0 saturated carbocycles. The minimum Gasteiger partial charge on any atom is -0.341 e. The summed E-state index contributed by atoms with van der Waals surface area (Å²) in [6.07, 6.45) is 6.71. The van der Waals surface area contributed by atoms with Crippen molar-refractivity contribution in [3.05, 3.63) is 48.6 Å². The van der Waals surface area contributed by atoms with Crippen LogP contribution < -0.4 is 16.0 Å². The number of carbonyl (C=O) groups is 2. The molecule has 1 aromatic carbocycles. The predicted octanol–water partition coefficient (Wildman–Crippen LogP) is 2.51. The Bertz CT molecular complexity index is 490. The molecular weight excluding hydrogens is 242 g/mol. The Balaban J connectivity index is 2.57. The largest absolute Gasteiger partial charge is 0.341 e. The summed E-state index contributed by atoms with van der Waals surface area (Å²) >= 11 is 0. The SMILES string of the molecule is C/C=C/C=C/C(=O)Nc1ccc(NC(=O)NC)cc1. The minimum atomic E-state index is -0.286. The lowest BCUT2D eigenvalue weighted by atomic mass is 10.2. The molecule has 3 N–H and O–H groups in total. The monoisotopic (exact) mass is 259 g/mol. The van der Waals surface area contributed by atoms with Gasteiger partial charge in [0, 0.05) is 24.5 Å². The number of hydrogen-bond donors (Lipinski definition) is 3. The second-order valence-corrected chi connectivity index (χ2v) is 3.66. The molecule has 0 heterocycles. The van der Waals surface area contributed by atoms with Crippen molar-refractivity contribution >= 4 is 23.3 Å². The van der Waals surface area contributed by atoms with Crippen LogP contribution in [0.5, 0.6) is 0 Å². The zero-order valence-corrected chi connectivity index (χ0v) is 10.9. The molecule has 0 atom stereocenters. The molecule has 1 rings (SSSR count). The number of nitrogens with one attached hydrogen (secondary N) is 3. The third-order valence-corrected chi connectivity index (χ3v) is 2.19. The van der Waals surface area contributed by atoms with Crippen LogP contribution in [0.1, 0.15) is 6.92 Å². The molecule has 0 unspecified atom stereocenters. The molecule has 0 aliphatic heterocycles. The van der Waals surface area contributed by atoms with E-state index in [9.17, 15) is 9.59 Å². The summed E-state index contributed by atoms with van der Waals surface area (Å²) in [7, 11) is 1.54. The summed E-state index contributed by atoms with van der Waals surface area (Å²) in [4.78, 5) is 22.6. The first-order valence-corrected chi connectivity index (χ1v) is 5.85. The molecule has 0 saturated heterocycles. The summed E-state index contributed by atoms with van der Waals surface area (Å²) in [6, 6.07) is 6.56. The van der Waals surface area contributed by atoms with Crippen LogP contribution >= 0.6 is 0 Å². The summed E-state index contributed by atoms with van der Waals surface area (Å²) in [5, 5.41) is 7.79. The number of anilines is 2. The fourth-order valence-electron chi connectivity index (χ4n) is 1.27. The van der Waals surface area contributed by atoms with Crippen LogP contribution in [0.25, 0.3) is 0 Å². The highest BCUT2D eigenvalue weighted by Crippen LogP contribution is 2.13. The van der Waals surface area contributed by atoms with E-state index in [0.717, 1.165) is 0 Å². The first-order valence-electron chi connectivity index (χ1n) is 5.85. The fraction of sp³-hybridized carbons (Fsp3) is 0.143. The molecular formula is C14H17N3O2.